The summed E-state index contributed by atoms with van der Waals surface area (Å²) < 4.78 is 0. The highest BCUT2D eigenvalue weighted by Crippen LogP contribution is 2.49. The zero-order valence-electron chi connectivity index (χ0n) is 15.2. The second kappa shape index (κ2) is 6.93. The molecule has 0 spiro atoms. The molecular formula is C22H29NO2. The van der Waals surface area contributed by atoms with Gasteiger partial charge in [-0.1, -0.05) is 18.6 Å². The number of benzene rings is 1. The quantitative estimate of drug-likeness (QED) is 0.794. The summed E-state index contributed by atoms with van der Waals surface area (Å²) in [5.74, 6) is 2.49. The predicted molar refractivity (Wildman–Crippen MR) is 98.6 cm³/mol. The number of rotatable bonds is 6. The fraction of sp³-hybridized carbons (Fsp3) is 0.636. The number of hydrogen-bond donors (Lipinski definition) is 1. The number of fused-ring (bicyclic) bond motifs is 3. The molecule has 0 saturated heterocycles. The highest BCUT2D eigenvalue weighted by Gasteiger charge is 2.42. The first-order valence-corrected chi connectivity index (χ1v) is 10.0. The average molecular weight is 339 g/mol. The normalized spacial score (nSPS) is 28.0. The summed E-state index contributed by atoms with van der Waals surface area (Å²) in [5, 5.41) is 3.16. The minimum Gasteiger partial charge on any atom is -0.353 e. The Kier molecular flexibility index (Phi) is 4.66. The van der Waals surface area contributed by atoms with Gasteiger partial charge in [0, 0.05) is 24.4 Å². The van der Waals surface area contributed by atoms with E-state index in [1.54, 1.807) is 0 Å². The van der Waals surface area contributed by atoms with Crippen LogP contribution < -0.4 is 5.32 Å². The molecule has 4 atom stereocenters. The van der Waals surface area contributed by atoms with E-state index in [1.807, 2.05) is 12.1 Å². The Labute approximate surface area is 150 Å². The standard InChI is InChI=1S/C22H29NO2/c1-14(20-12-15-5-6-18(20)11-15)23-22(25)10-9-21(24)19-8-7-16-3-2-4-17(16)13-19/h7-8,13-15,18,20H,2-6,9-12H2,1H3,(H,23,25). The summed E-state index contributed by atoms with van der Waals surface area (Å²) >= 11 is 0. The van der Waals surface area contributed by atoms with E-state index in [-0.39, 0.29) is 17.7 Å². The van der Waals surface area contributed by atoms with E-state index < -0.39 is 0 Å². The number of carbonyl (C=O) groups excluding carboxylic acids is 2. The van der Waals surface area contributed by atoms with E-state index in [0.29, 0.717) is 18.8 Å². The summed E-state index contributed by atoms with van der Waals surface area (Å²) in [6.45, 7) is 2.14. The van der Waals surface area contributed by atoms with Crippen molar-refractivity contribution in [2.45, 2.75) is 70.8 Å². The molecule has 1 N–H and O–H groups in total. The zero-order chi connectivity index (χ0) is 17.4. The molecule has 3 heteroatoms. The third-order valence-corrected chi connectivity index (χ3v) is 6.82. The van der Waals surface area contributed by atoms with Crippen LogP contribution in [0.5, 0.6) is 0 Å². The monoisotopic (exact) mass is 339 g/mol. The molecular weight excluding hydrogens is 310 g/mol. The van der Waals surface area contributed by atoms with Crippen molar-refractivity contribution in [1.29, 1.82) is 0 Å². The lowest BCUT2D eigenvalue weighted by Crippen LogP contribution is -2.40. The van der Waals surface area contributed by atoms with E-state index in [9.17, 15) is 9.59 Å². The molecule has 3 aliphatic carbocycles. The van der Waals surface area contributed by atoms with Gasteiger partial charge >= 0.3 is 0 Å². The molecule has 3 nitrogen and oxygen atoms in total. The van der Waals surface area contributed by atoms with Gasteiger partial charge in [-0.15, -0.1) is 0 Å². The largest absolute Gasteiger partial charge is 0.353 e. The van der Waals surface area contributed by atoms with Gasteiger partial charge in [0.05, 0.1) is 0 Å². The summed E-state index contributed by atoms with van der Waals surface area (Å²) in [7, 11) is 0. The molecule has 0 heterocycles. The van der Waals surface area contributed by atoms with E-state index >= 15 is 0 Å². The Morgan fingerprint density at radius 3 is 2.72 bits per heavy atom. The van der Waals surface area contributed by atoms with Crippen LogP contribution in [0, 0.1) is 17.8 Å². The Morgan fingerprint density at radius 1 is 1.12 bits per heavy atom. The maximum atomic E-state index is 12.4. The first-order chi connectivity index (χ1) is 12.1. The Morgan fingerprint density at radius 2 is 1.96 bits per heavy atom. The minimum absolute atomic E-state index is 0.0322. The molecule has 25 heavy (non-hydrogen) atoms. The second-order valence-corrected chi connectivity index (χ2v) is 8.46. The van der Waals surface area contributed by atoms with E-state index in [1.165, 1.54) is 43.2 Å². The molecule has 1 amide bonds. The summed E-state index contributed by atoms with van der Waals surface area (Å²) in [6.07, 6.45) is 9.39. The van der Waals surface area contributed by atoms with Crippen LogP contribution in [-0.4, -0.2) is 17.7 Å². The number of nitrogens with one attached hydrogen (secondary N) is 1. The second-order valence-electron chi connectivity index (χ2n) is 8.46. The lowest BCUT2D eigenvalue weighted by molar-refractivity contribution is -0.122. The number of carbonyl (C=O) groups is 2. The van der Waals surface area contributed by atoms with Crippen LogP contribution in [0.2, 0.25) is 0 Å². The van der Waals surface area contributed by atoms with Crippen LogP contribution in [0.4, 0.5) is 0 Å². The third-order valence-electron chi connectivity index (χ3n) is 6.82. The number of amides is 1. The average Bonchev–Trinajstić information content (AvgIpc) is 3.34. The zero-order valence-corrected chi connectivity index (χ0v) is 15.2. The van der Waals surface area contributed by atoms with Gasteiger partial charge in [0.15, 0.2) is 5.78 Å². The number of ketones is 1. The van der Waals surface area contributed by atoms with Gasteiger partial charge < -0.3 is 5.32 Å². The molecule has 0 radical (unpaired) electrons. The van der Waals surface area contributed by atoms with Gasteiger partial charge in [-0.3, -0.25) is 9.59 Å². The molecule has 2 fully saturated rings. The maximum Gasteiger partial charge on any atom is 0.220 e. The smallest absolute Gasteiger partial charge is 0.220 e. The van der Waals surface area contributed by atoms with Gasteiger partial charge in [-0.25, -0.2) is 0 Å². The third kappa shape index (κ3) is 3.51. The molecule has 2 saturated carbocycles. The van der Waals surface area contributed by atoms with Crippen molar-refractivity contribution in [2.24, 2.45) is 17.8 Å². The molecule has 1 aromatic rings. The van der Waals surface area contributed by atoms with Crippen molar-refractivity contribution < 1.29 is 9.59 Å². The summed E-state index contributed by atoms with van der Waals surface area (Å²) in [6, 6.07) is 6.31. The van der Waals surface area contributed by atoms with Gasteiger partial charge in [-0.05, 0) is 80.4 Å². The van der Waals surface area contributed by atoms with Crippen LogP contribution in [-0.2, 0) is 17.6 Å². The molecule has 4 rings (SSSR count). The lowest BCUT2D eigenvalue weighted by atomic mass is 9.84. The van der Waals surface area contributed by atoms with Gasteiger partial charge in [0.25, 0.3) is 0 Å². The van der Waals surface area contributed by atoms with Gasteiger partial charge in [0.1, 0.15) is 0 Å². The molecule has 134 valence electrons. The molecule has 0 aliphatic heterocycles. The maximum absolute atomic E-state index is 12.4. The Balaban J connectivity index is 1.26. The van der Waals surface area contributed by atoms with Gasteiger partial charge in [0.2, 0.25) is 5.91 Å². The first kappa shape index (κ1) is 16.8. The first-order valence-electron chi connectivity index (χ1n) is 10.0. The molecule has 2 bridgehead atoms. The number of hydrogen-bond acceptors (Lipinski definition) is 2. The highest BCUT2D eigenvalue weighted by molar-refractivity contribution is 5.98. The van der Waals surface area contributed by atoms with Crippen molar-refractivity contribution in [3.05, 3.63) is 34.9 Å². The summed E-state index contributed by atoms with van der Waals surface area (Å²) in [5.41, 5.74) is 3.48. The van der Waals surface area contributed by atoms with Crippen LogP contribution in [0.1, 0.15) is 73.4 Å². The fourth-order valence-corrected chi connectivity index (χ4v) is 5.46. The Hall–Kier alpha value is -1.64. The predicted octanol–water partition coefficient (Wildman–Crippen LogP) is 4.08. The highest BCUT2D eigenvalue weighted by atomic mass is 16.2. The van der Waals surface area contributed by atoms with Crippen molar-refractivity contribution in [2.75, 3.05) is 0 Å². The molecule has 1 aromatic carbocycles. The SMILES string of the molecule is CC(NC(=O)CCC(=O)c1ccc2c(c1)CCC2)C1CC2CCC1C2. The van der Waals surface area contributed by atoms with Crippen molar-refractivity contribution in [3.63, 3.8) is 0 Å². The van der Waals surface area contributed by atoms with Crippen LogP contribution in [0.3, 0.4) is 0 Å². The molecule has 0 aromatic heterocycles. The summed E-state index contributed by atoms with van der Waals surface area (Å²) in [4.78, 5) is 24.7. The molecule has 4 unspecified atom stereocenters. The van der Waals surface area contributed by atoms with Crippen LogP contribution in [0.15, 0.2) is 18.2 Å². The van der Waals surface area contributed by atoms with Crippen molar-refractivity contribution in [1.82, 2.24) is 5.32 Å². The van der Waals surface area contributed by atoms with E-state index in [2.05, 4.69) is 18.3 Å². The van der Waals surface area contributed by atoms with Crippen molar-refractivity contribution in [3.8, 4) is 0 Å². The molecule has 3 aliphatic rings. The van der Waals surface area contributed by atoms with Crippen LogP contribution in [0.25, 0.3) is 0 Å². The number of Topliss-reactive ketones (excluding diaryl/α,β-unsaturated/α-hetero) is 1. The van der Waals surface area contributed by atoms with Crippen LogP contribution >= 0.6 is 0 Å². The van der Waals surface area contributed by atoms with E-state index in [0.717, 1.165) is 30.2 Å². The fourth-order valence-electron chi connectivity index (χ4n) is 5.46. The minimum atomic E-state index is 0.0322. The van der Waals surface area contributed by atoms with E-state index in [4.69, 9.17) is 0 Å². The van der Waals surface area contributed by atoms with Gasteiger partial charge in [-0.2, -0.15) is 0 Å². The number of aryl methyl sites for hydroxylation is 2. The Bertz CT molecular complexity index is 681. The lowest BCUT2D eigenvalue weighted by Gasteiger charge is -2.28. The topological polar surface area (TPSA) is 46.2 Å². The van der Waals surface area contributed by atoms with Crippen molar-refractivity contribution >= 4 is 11.7 Å².